The first-order valence-electron chi connectivity index (χ1n) is 6.81. The second-order valence-corrected chi connectivity index (χ2v) is 4.38. The second-order valence-electron chi connectivity index (χ2n) is 4.38. The maximum absolute atomic E-state index is 5.76. The number of hydrogen-bond donors (Lipinski definition) is 1. The molecule has 2 aromatic rings. The second kappa shape index (κ2) is 7.38. The monoisotopic (exact) mass is 288 g/mol. The molecule has 0 saturated heterocycles. The van der Waals surface area contributed by atoms with Crippen molar-refractivity contribution in [2.45, 2.75) is 13.5 Å². The van der Waals surface area contributed by atoms with Gasteiger partial charge in [0.15, 0.2) is 0 Å². The highest BCUT2D eigenvalue weighted by atomic mass is 16.5. The summed E-state index contributed by atoms with van der Waals surface area (Å²) in [5, 5.41) is 3.18. The fourth-order valence-electron chi connectivity index (χ4n) is 1.86. The van der Waals surface area contributed by atoms with Crippen molar-refractivity contribution < 1.29 is 14.2 Å². The molecule has 0 bridgehead atoms. The molecule has 0 aliphatic heterocycles. The van der Waals surface area contributed by atoms with E-state index in [9.17, 15) is 0 Å². The van der Waals surface area contributed by atoms with Crippen LogP contribution < -0.4 is 19.5 Å². The van der Waals surface area contributed by atoms with Crippen molar-refractivity contribution >= 4 is 5.82 Å². The standard InChI is InChI=1S/C16H20N2O3/c1-4-17-16-7-5-6-12(18-16)11-21-15-9-13(19-2)8-14(10-15)20-3/h5-10H,4,11H2,1-3H3,(H,17,18). The zero-order chi connectivity index (χ0) is 15.1. The Morgan fingerprint density at radius 2 is 1.67 bits per heavy atom. The Balaban J connectivity index is 2.07. The van der Waals surface area contributed by atoms with E-state index in [-0.39, 0.29) is 0 Å². The zero-order valence-corrected chi connectivity index (χ0v) is 12.6. The predicted molar refractivity (Wildman–Crippen MR) is 82.3 cm³/mol. The molecule has 0 unspecified atom stereocenters. The smallest absolute Gasteiger partial charge is 0.130 e. The van der Waals surface area contributed by atoms with Crippen molar-refractivity contribution in [2.75, 3.05) is 26.1 Å². The van der Waals surface area contributed by atoms with E-state index < -0.39 is 0 Å². The maximum Gasteiger partial charge on any atom is 0.130 e. The van der Waals surface area contributed by atoms with Crippen molar-refractivity contribution in [2.24, 2.45) is 0 Å². The van der Waals surface area contributed by atoms with E-state index in [1.807, 2.05) is 37.3 Å². The van der Waals surface area contributed by atoms with Crippen LogP contribution in [0, 0.1) is 0 Å². The Kier molecular flexibility index (Phi) is 5.26. The molecule has 112 valence electrons. The van der Waals surface area contributed by atoms with Crippen LogP contribution in [0.3, 0.4) is 0 Å². The first-order valence-corrected chi connectivity index (χ1v) is 6.81. The number of methoxy groups -OCH3 is 2. The van der Waals surface area contributed by atoms with Crippen molar-refractivity contribution in [3.8, 4) is 17.2 Å². The quantitative estimate of drug-likeness (QED) is 0.848. The highest BCUT2D eigenvalue weighted by Crippen LogP contribution is 2.27. The SMILES string of the molecule is CCNc1cccc(COc2cc(OC)cc(OC)c2)n1. The number of nitrogens with zero attached hydrogens (tertiary/aromatic N) is 1. The van der Waals surface area contributed by atoms with Gasteiger partial charge in [-0.15, -0.1) is 0 Å². The molecular formula is C16H20N2O3. The van der Waals surface area contributed by atoms with Crippen LogP contribution in [-0.4, -0.2) is 25.7 Å². The van der Waals surface area contributed by atoms with Gasteiger partial charge in [0.1, 0.15) is 29.7 Å². The van der Waals surface area contributed by atoms with Crippen molar-refractivity contribution in [3.63, 3.8) is 0 Å². The average molecular weight is 288 g/mol. The van der Waals surface area contributed by atoms with Gasteiger partial charge in [-0.3, -0.25) is 0 Å². The summed E-state index contributed by atoms with van der Waals surface area (Å²) in [4.78, 5) is 4.46. The molecule has 0 atom stereocenters. The Bertz CT molecular complexity index is 565. The summed E-state index contributed by atoms with van der Waals surface area (Å²) < 4.78 is 16.2. The van der Waals surface area contributed by atoms with Gasteiger partial charge in [-0.25, -0.2) is 4.98 Å². The minimum absolute atomic E-state index is 0.384. The van der Waals surface area contributed by atoms with Gasteiger partial charge < -0.3 is 19.5 Å². The van der Waals surface area contributed by atoms with E-state index in [4.69, 9.17) is 14.2 Å². The van der Waals surface area contributed by atoms with Crippen LogP contribution in [0.1, 0.15) is 12.6 Å². The topological polar surface area (TPSA) is 52.6 Å². The van der Waals surface area contributed by atoms with E-state index in [1.165, 1.54) is 0 Å². The number of rotatable bonds is 7. The van der Waals surface area contributed by atoms with Crippen LogP contribution in [0.5, 0.6) is 17.2 Å². The Hall–Kier alpha value is -2.43. The summed E-state index contributed by atoms with van der Waals surface area (Å²) in [5.74, 6) is 2.92. The normalized spacial score (nSPS) is 10.0. The molecule has 0 aliphatic rings. The van der Waals surface area contributed by atoms with Gasteiger partial charge in [0, 0.05) is 24.7 Å². The first kappa shape index (κ1) is 15.0. The molecule has 0 aliphatic carbocycles. The van der Waals surface area contributed by atoms with Crippen molar-refractivity contribution in [1.82, 2.24) is 4.98 Å². The van der Waals surface area contributed by atoms with Crippen LogP contribution in [-0.2, 0) is 6.61 Å². The molecule has 21 heavy (non-hydrogen) atoms. The summed E-state index contributed by atoms with van der Waals surface area (Å²) in [7, 11) is 3.22. The molecule has 5 heteroatoms. The number of pyridine rings is 1. The van der Waals surface area contributed by atoms with Gasteiger partial charge in [0.05, 0.1) is 19.9 Å². The third kappa shape index (κ3) is 4.27. The first-order chi connectivity index (χ1) is 10.2. The van der Waals surface area contributed by atoms with Crippen LogP contribution in [0.2, 0.25) is 0 Å². The lowest BCUT2D eigenvalue weighted by molar-refractivity contribution is 0.296. The van der Waals surface area contributed by atoms with Gasteiger partial charge >= 0.3 is 0 Å². The fourth-order valence-corrected chi connectivity index (χ4v) is 1.86. The molecular weight excluding hydrogens is 268 g/mol. The summed E-state index contributed by atoms with van der Waals surface area (Å²) in [6, 6.07) is 11.2. The molecule has 1 heterocycles. The number of ether oxygens (including phenoxy) is 3. The Morgan fingerprint density at radius 3 is 2.29 bits per heavy atom. The zero-order valence-electron chi connectivity index (χ0n) is 12.6. The summed E-state index contributed by atoms with van der Waals surface area (Å²) in [5.41, 5.74) is 0.857. The van der Waals surface area contributed by atoms with E-state index in [2.05, 4.69) is 10.3 Å². The molecule has 1 N–H and O–H groups in total. The van der Waals surface area contributed by atoms with E-state index >= 15 is 0 Å². The van der Waals surface area contributed by atoms with E-state index in [1.54, 1.807) is 20.3 Å². The molecule has 5 nitrogen and oxygen atoms in total. The van der Waals surface area contributed by atoms with Crippen molar-refractivity contribution in [1.29, 1.82) is 0 Å². The molecule has 0 radical (unpaired) electrons. The maximum atomic E-state index is 5.76. The summed E-state index contributed by atoms with van der Waals surface area (Å²) >= 11 is 0. The lowest BCUT2D eigenvalue weighted by Gasteiger charge is -2.10. The Labute approximate surface area is 124 Å². The minimum Gasteiger partial charge on any atom is -0.496 e. The van der Waals surface area contributed by atoms with Crippen LogP contribution in [0.4, 0.5) is 5.82 Å². The number of aromatic nitrogens is 1. The van der Waals surface area contributed by atoms with Crippen LogP contribution in [0.15, 0.2) is 36.4 Å². The Morgan fingerprint density at radius 1 is 1.00 bits per heavy atom. The highest BCUT2D eigenvalue weighted by Gasteiger charge is 2.04. The molecule has 0 spiro atoms. The van der Waals surface area contributed by atoms with Gasteiger partial charge in [-0.1, -0.05) is 6.07 Å². The van der Waals surface area contributed by atoms with Crippen molar-refractivity contribution in [3.05, 3.63) is 42.1 Å². The number of anilines is 1. The summed E-state index contributed by atoms with van der Waals surface area (Å²) in [6.07, 6.45) is 0. The number of hydrogen-bond acceptors (Lipinski definition) is 5. The third-order valence-corrected chi connectivity index (χ3v) is 2.88. The lowest BCUT2D eigenvalue weighted by atomic mass is 10.3. The average Bonchev–Trinajstić information content (AvgIpc) is 2.53. The van der Waals surface area contributed by atoms with E-state index in [0.717, 1.165) is 18.1 Å². The highest BCUT2D eigenvalue weighted by molar-refractivity contribution is 5.42. The predicted octanol–water partition coefficient (Wildman–Crippen LogP) is 3.11. The summed E-state index contributed by atoms with van der Waals surface area (Å²) in [6.45, 7) is 3.26. The molecule has 0 saturated carbocycles. The van der Waals surface area contributed by atoms with Gasteiger partial charge in [-0.05, 0) is 19.1 Å². The third-order valence-electron chi connectivity index (χ3n) is 2.88. The van der Waals surface area contributed by atoms with E-state index in [0.29, 0.717) is 23.9 Å². The van der Waals surface area contributed by atoms with Crippen LogP contribution in [0.25, 0.3) is 0 Å². The molecule has 2 rings (SSSR count). The fraction of sp³-hybridized carbons (Fsp3) is 0.312. The minimum atomic E-state index is 0.384. The van der Waals surface area contributed by atoms with Crippen LogP contribution >= 0.6 is 0 Å². The number of benzene rings is 1. The molecule has 0 fully saturated rings. The number of nitrogens with one attached hydrogen (secondary N) is 1. The molecule has 1 aromatic heterocycles. The van der Waals surface area contributed by atoms with Gasteiger partial charge in [0.25, 0.3) is 0 Å². The molecule has 1 aromatic carbocycles. The van der Waals surface area contributed by atoms with Gasteiger partial charge in [0.2, 0.25) is 0 Å². The lowest BCUT2D eigenvalue weighted by Crippen LogP contribution is -2.03. The van der Waals surface area contributed by atoms with Gasteiger partial charge in [-0.2, -0.15) is 0 Å². The largest absolute Gasteiger partial charge is 0.496 e. The molecule has 0 amide bonds.